The zero-order valence-corrected chi connectivity index (χ0v) is 15.0. The van der Waals surface area contributed by atoms with E-state index in [0.717, 1.165) is 0 Å². The molecule has 0 aliphatic carbocycles. The molecule has 2 rings (SSSR count). The average molecular weight is 358 g/mol. The molecule has 1 heterocycles. The summed E-state index contributed by atoms with van der Waals surface area (Å²) in [6, 6.07) is 8.60. The van der Waals surface area contributed by atoms with Crippen LogP contribution in [0.15, 0.2) is 24.3 Å². The maximum absolute atomic E-state index is 12.6. The zero-order chi connectivity index (χ0) is 19.1. The molecule has 3 amide bonds. The number of hydrogen-bond donors (Lipinski definition) is 0. The van der Waals surface area contributed by atoms with Crippen molar-refractivity contribution in [2.24, 2.45) is 0 Å². The second kappa shape index (κ2) is 8.85. The lowest BCUT2D eigenvalue weighted by Crippen LogP contribution is -2.53. The number of nitrogens with zero attached hydrogens (tertiary/aromatic N) is 4. The normalized spacial score (nSPS) is 13.7. The minimum atomic E-state index is -0.377. The summed E-state index contributed by atoms with van der Waals surface area (Å²) in [6.07, 6.45) is -0.377. The molecule has 138 valence electrons. The number of carbonyl (C=O) groups is 3. The molecule has 8 heteroatoms. The molecule has 0 unspecified atom stereocenters. The first kappa shape index (κ1) is 19.2. The Kier molecular flexibility index (Phi) is 6.55. The van der Waals surface area contributed by atoms with Crippen molar-refractivity contribution < 1.29 is 19.1 Å². The molecule has 1 aliphatic rings. The molecule has 0 N–H and O–H groups in total. The summed E-state index contributed by atoms with van der Waals surface area (Å²) in [7, 11) is 0. The van der Waals surface area contributed by atoms with E-state index in [1.165, 1.54) is 11.8 Å². The number of piperazine rings is 1. The van der Waals surface area contributed by atoms with Gasteiger partial charge in [0.1, 0.15) is 6.54 Å². The van der Waals surface area contributed by atoms with Crippen molar-refractivity contribution in [1.82, 2.24) is 9.80 Å². The summed E-state index contributed by atoms with van der Waals surface area (Å²) in [5, 5.41) is 9.01. The second-order valence-corrected chi connectivity index (χ2v) is 5.83. The Bertz CT molecular complexity index is 720. The molecule has 1 aliphatic heterocycles. The monoisotopic (exact) mass is 358 g/mol. The standard InChI is InChI=1S/C18H22N4O4/c1-3-26-18(25)21-9-7-20(8-10-21)17(24)13-22(14(2)23)16-6-4-5-15(11-16)12-19/h4-6,11H,3,7-10,13H2,1-2H3. The van der Waals surface area contributed by atoms with Crippen molar-refractivity contribution in [1.29, 1.82) is 5.26 Å². The highest BCUT2D eigenvalue weighted by Crippen LogP contribution is 2.17. The van der Waals surface area contributed by atoms with Crippen molar-refractivity contribution >= 4 is 23.6 Å². The van der Waals surface area contributed by atoms with E-state index in [4.69, 9.17) is 10.00 Å². The quantitative estimate of drug-likeness (QED) is 0.806. The van der Waals surface area contributed by atoms with Gasteiger partial charge >= 0.3 is 6.09 Å². The van der Waals surface area contributed by atoms with Crippen molar-refractivity contribution in [3.8, 4) is 6.07 Å². The van der Waals surface area contributed by atoms with Gasteiger partial charge in [0.25, 0.3) is 0 Å². The summed E-state index contributed by atoms with van der Waals surface area (Å²) in [5.74, 6) is -0.482. The van der Waals surface area contributed by atoms with E-state index < -0.39 is 0 Å². The van der Waals surface area contributed by atoms with Crippen LogP contribution in [0.5, 0.6) is 0 Å². The summed E-state index contributed by atoms with van der Waals surface area (Å²) in [5.41, 5.74) is 0.930. The molecular weight excluding hydrogens is 336 g/mol. The van der Waals surface area contributed by atoms with Gasteiger partial charge in [0, 0.05) is 38.8 Å². The van der Waals surface area contributed by atoms with Crippen LogP contribution in [0, 0.1) is 11.3 Å². The summed E-state index contributed by atoms with van der Waals surface area (Å²) >= 11 is 0. The van der Waals surface area contributed by atoms with Crippen LogP contribution in [0.2, 0.25) is 0 Å². The SMILES string of the molecule is CCOC(=O)N1CCN(C(=O)CN(C(C)=O)c2cccc(C#N)c2)CC1. The first-order valence-electron chi connectivity index (χ1n) is 8.44. The van der Waals surface area contributed by atoms with Gasteiger partial charge in [-0.1, -0.05) is 6.07 Å². The molecule has 0 saturated carbocycles. The lowest BCUT2D eigenvalue weighted by Gasteiger charge is -2.35. The topological polar surface area (TPSA) is 93.9 Å². The Labute approximate surface area is 152 Å². The second-order valence-electron chi connectivity index (χ2n) is 5.83. The number of anilines is 1. The number of ether oxygens (including phenoxy) is 1. The van der Waals surface area contributed by atoms with Crippen LogP contribution in [0.1, 0.15) is 19.4 Å². The Morgan fingerprint density at radius 3 is 2.42 bits per heavy atom. The Balaban J connectivity index is 2.00. The van der Waals surface area contributed by atoms with Crippen LogP contribution in [-0.2, 0) is 14.3 Å². The molecule has 0 spiro atoms. The maximum Gasteiger partial charge on any atom is 0.409 e. The third-order valence-electron chi connectivity index (χ3n) is 4.12. The van der Waals surface area contributed by atoms with Gasteiger partial charge in [-0.05, 0) is 25.1 Å². The number of carbonyl (C=O) groups excluding carboxylic acids is 3. The zero-order valence-electron chi connectivity index (χ0n) is 15.0. The minimum absolute atomic E-state index is 0.108. The summed E-state index contributed by atoms with van der Waals surface area (Å²) in [6.45, 7) is 4.91. The van der Waals surface area contributed by atoms with E-state index >= 15 is 0 Å². The lowest BCUT2D eigenvalue weighted by atomic mass is 10.2. The first-order chi connectivity index (χ1) is 12.5. The number of rotatable bonds is 4. The van der Waals surface area contributed by atoms with Gasteiger partial charge in [-0.2, -0.15) is 5.26 Å². The fraction of sp³-hybridized carbons (Fsp3) is 0.444. The third kappa shape index (κ3) is 4.72. The van der Waals surface area contributed by atoms with Gasteiger partial charge in [0.05, 0.1) is 18.2 Å². The highest BCUT2D eigenvalue weighted by molar-refractivity contribution is 5.97. The van der Waals surface area contributed by atoms with Crippen LogP contribution in [0.25, 0.3) is 0 Å². The summed E-state index contributed by atoms with van der Waals surface area (Å²) in [4.78, 5) is 40.8. The van der Waals surface area contributed by atoms with Crippen LogP contribution in [-0.4, -0.2) is 67.0 Å². The fourth-order valence-electron chi connectivity index (χ4n) is 2.72. The first-order valence-corrected chi connectivity index (χ1v) is 8.44. The Morgan fingerprint density at radius 2 is 1.85 bits per heavy atom. The molecule has 1 aromatic carbocycles. The molecule has 1 saturated heterocycles. The van der Waals surface area contributed by atoms with Gasteiger partial charge in [0.15, 0.2) is 0 Å². The van der Waals surface area contributed by atoms with Crippen LogP contribution >= 0.6 is 0 Å². The van der Waals surface area contributed by atoms with E-state index in [1.54, 1.807) is 41.0 Å². The van der Waals surface area contributed by atoms with Gasteiger partial charge in [0.2, 0.25) is 11.8 Å². The van der Waals surface area contributed by atoms with Gasteiger partial charge < -0.3 is 19.4 Å². The fourth-order valence-corrected chi connectivity index (χ4v) is 2.72. The predicted molar refractivity (Wildman–Crippen MR) is 94.4 cm³/mol. The highest BCUT2D eigenvalue weighted by Gasteiger charge is 2.26. The third-order valence-corrected chi connectivity index (χ3v) is 4.12. The molecule has 0 atom stereocenters. The van der Waals surface area contributed by atoms with Crippen molar-refractivity contribution in [2.45, 2.75) is 13.8 Å². The van der Waals surface area contributed by atoms with Crippen molar-refractivity contribution in [3.05, 3.63) is 29.8 Å². The minimum Gasteiger partial charge on any atom is -0.450 e. The van der Waals surface area contributed by atoms with Gasteiger partial charge in [-0.25, -0.2) is 4.79 Å². The number of hydrogen-bond acceptors (Lipinski definition) is 5. The molecular formula is C18H22N4O4. The van der Waals surface area contributed by atoms with E-state index in [0.29, 0.717) is 44.0 Å². The highest BCUT2D eigenvalue weighted by atomic mass is 16.6. The lowest BCUT2D eigenvalue weighted by molar-refractivity contribution is -0.132. The molecule has 26 heavy (non-hydrogen) atoms. The largest absolute Gasteiger partial charge is 0.450 e. The van der Waals surface area contributed by atoms with Crippen LogP contribution in [0.4, 0.5) is 10.5 Å². The van der Waals surface area contributed by atoms with Crippen molar-refractivity contribution in [2.75, 3.05) is 44.2 Å². The molecule has 1 fully saturated rings. The van der Waals surface area contributed by atoms with E-state index in [9.17, 15) is 14.4 Å². The van der Waals surface area contributed by atoms with Crippen LogP contribution in [0.3, 0.4) is 0 Å². The Hall–Kier alpha value is -3.08. The van der Waals surface area contributed by atoms with Crippen molar-refractivity contribution in [3.63, 3.8) is 0 Å². The van der Waals surface area contributed by atoms with Gasteiger partial charge in [-0.15, -0.1) is 0 Å². The summed E-state index contributed by atoms with van der Waals surface area (Å²) < 4.78 is 4.96. The van der Waals surface area contributed by atoms with Gasteiger partial charge in [-0.3, -0.25) is 9.59 Å². The van der Waals surface area contributed by atoms with E-state index in [2.05, 4.69) is 0 Å². The van der Waals surface area contributed by atoms with Crippen LogP contribution < -0.4 is 4.90 Å². The Morgan fingerprint density at radius 1 is 1.19 bits per heavy atom. The molecule has 8 nitrogen and oxygen atoms in total. The maximum atomic E-state index is 12.6. The number of benzene rings is 1. The number of amides is 3. The molecule has 1 aromatic rings. The average Bonchev–Trinajstić information content (AvgIpc) is 2.66. The number of nitriles is 1. The van der Waals surface area contributed by atoms with E-state index in [1.807, 2.05) is 6.07 Å². The van der Waals surface area contributed by atoms with E-state index in [-0.39, 0.29) is 24.5 Å². The molecule has 0 aromatic heterocycles. The predicted octanol–water partition coefficient (Wildman–Crippen LogP) is 1.21. The smallest absolute Gasteiger partial charge is 0.409 e. The molecule has 0 radical (unpaired) electrons. The molecule has 0 bridgehead atoms.